The lowest BCUT2D eigenvalue weighted by Gasteiger charge is -2.16. The Hall–Kier alpha value is -5.40. The summed E-state index contributed by atoms with van der Waals surface area (Å²) < 4.78 is 24.4. The van der Waals surface area contributed by atoms with Gasteiger partial charge < -0.3 is 13.3 Å². The number of hydrogen-bond acceptors (Lipinski definition) is 6. The molecule has 0 amide bonds. The summed E-state index contributed by atoms with van der Waals surface area (Å²) in [4.78, 5) is 0. The van der Waals surface area contributed by atoms with E-state index in [-0.39, 0.29) is 0 Å². The minimum absolute atomic E-state index is 0.927. The van der Waals surface area contributed by atoms with Crippen molar-refractivity contribution in [2.45, 2.75) is 0 Å². The van der Waals surface area contributed by atoms with Crippen LogP contribution in [0.4, 0.5) is 0 Å². The first-order valence-electron chi connectivity index (χ1n) is 16.1. The molecule has 0 radical (unpaired) electrons. The van der Waals surface area contributed by atoms with Gasteiger partial charge in [0, 0.05) is 91.6 Å². The molecule has 15 aromatic rings. The highest BCUT2D eigenvalue weighted by atomic mass is 32.1. The average Bonchev–Trinajstić information content (AvgIpc) is 3.94. The topological polar surface area (TPSA) is 39.4 Å². The summed E-state index contributed by atoms with van der Waals surface area (Å²) in [7, 11) is 0. The number of fused-ring (bicyclic) bond motifs is 12. The molecule has 0 spiro atoms. The first kappa shape index (κ1) is 23.0. The average molecular weight is 663 g/mol. The molecule has 0 aliphatic heterocycles. The molecule has 0 saturated heterocycles. The molecule has 9 aromatic carbocycles. The molecule has 0 unspecified atom stereocenters. The molecular weight excluding hydrogens is 649 g/mol. The lowest BCUT2D eigenvalue weighted by atomic mass is 9.85. The van der Waals surface area contributed by atoms with E-state index in [0.29, 0.717) is 0 Å². The number of rotatable bonds is 0. The molecule has 0 fully saturated rings. The second-order valence-corrected chi connectivity index (χ2v) is 16.1. The van der Waals surface area contributed by atoms with Crippen molar-refractivity contribution in [1.82, 2.24) is 0 Å². The zero-order valence-electron chi connectivity index (χ0n) is 24.5. The van der Waals surface area contributed by atoms with Crippen molar-refractivity contribution in [2.24, 2.45) is 0 Å². The van der Waals surface area contributed by atoms with Crippen molar-refractivity contribution in [3.8, 4) is 0 Å². The van der Waals surface area contributed by atoms with E-state index in [1.165, 1.54) is 111 Å². The largest absolute Gasteiger partial charge is 0.455 e. The van der Waals surface area contributed by atoms with Crippen LogP contribution in [0.1, 0.15) is 0 Å². The van der Waals surface area contributed by atoms with Gasteiger partial charge in [0.15, 0.2) is 16.7 Å². The Labute approximate surface area is 278 Å². The molecule has 0 aliphatic carbocycles. The molecule has 15 rings (SSSR count). The monoisotopic (exact) mass is 662 g/mol. The fraction of sp³-hybridized carbons (Fsp3) is 0. The van der Waals surface area contributed by atoms with Gasteiger partial charge in [-0.2, -0.15) is 0 Å². The normalized spacial score (nSPS) is 13.8. The number of hydrogen-bond donors (Lipinski definition) is 0. The van der Waals surface area contributed by atoms with Gasteiger partial charge in [0.25, 0.3) is 0 Å². The summed E-state index contributed by atoms with van der Waals surface area (Å²) in [6, 6.07) is 24.1. The third kappa shape index (κ3) is 2.11. The Morgan fingerprint density at radius 1 is 0.312 bits per heavy atom. The maximum Gasteiger partial charge on any atom is 0.153 e. The fourth-order valence-electron chi connectivity index (χ4n) is 9.89. The maximum atomic E-state index is 6.99. The summed E-state index contributed by atoms with van der Waals surface area (Å²) >= 11 is 5.40. The van der Waals surface area contributed by atoms with Gasteiger partial charge in [0.05, 0.1) is 14.1 Å². The van der Waals surface area contributed by atoms with E-state index >= 15 is 0 Å². The van der Waals surface area contributed by atoms with Crippen LogP contribution in [0.15, 0.2) is 96.1 Å². The van der Waals surface area contributed by atoms with E-state index in [9.17, 15) is 0 Å². The Balaban J connectivity index is 1.53. The second-order valence-electron chi connectivity index (χ2n) is 13.4. The highest BCUT2D eigenvalue weighted by Gasteiger charge is 2.33. The lowest BCUT2D eigenvalue weighted by Crippen LogP contribution is -1.88. The molecule has 0 N–H and O–H groups in total. The van der Waals surface area contributed by atoms with E-state index < -0.39 is 0 Å². The number of furan rings is 3. The summed E-state index contributed by atoms with van der Waals surface area (Å²) in [5, 5.41) is 30.9. The summed E-state index contributed by atoms with van der Waals surface area (Å²) in [5.41, 5.74) is 5.80. The van der Waals surface area contributed by atoms with Crippen molar-refractivity contribution < 1.29 is 13.3 Å². The van der Waals surface area contributed by atoms with Gasteiger partial charge in [-0.05, 0) is 51.2 Å². The van der Waals surface area contributed by atoms with Gasteiger partial charge in [-0.3, -0.25) is 0 Å². The van der Waals surface area contributed by atoms with Crippen LogP contribution >= 0.6 is 34.0 Å². The van der Waals surface area contributed by atoms with Crippen molar-refractivity contribution in [3.05, 3.63) is 82.9 Å². The predicted octanol–water partition coefficient (Wildman–Crippen LogP) is 14.5. The minimum Gasteiger partial charge on any atom is -0.455 e. The predicted molar refractivity (Wildman–Crippen MR) is 207 cm³/mol. The van der Waals surface area contributed by atoms with Crippen LogP contribution in [-0.4, -0.2) is 0 Å². The van der Waals surface area contributed by atoms with Crippen LogP contribution in [0.5, 0.6) is 0 Å². The number of thiophene rings is 3. The maximum absolute atomic E-state index is 6.99. The molecule has 0 bridgehead atoms. The van der Waals surface area contributed by atoms with Gasteiger partial charge in [-0.1, -0.05) is 42.5 Å². The Morgan fingerprint density at radius 2 is 0.833 bits per heavy atom. The third-order valence-electron chi connectivity index (χ3n) is 11.5. The van der Waals surface area contributed by atoms with E-state index in [2.05, 4.69) is 82.9 Å². The Kier molecular flexibility index (Phi) is 3.38. The quantitative estimate of drug-likeness (QED) is 0.152. The van der Waals surface area contributed by atoms with Gasteiger partial charge in [0.1, 0.15) is 16.7 Å². The molecule has 0 atom stereocenters. The highest BCUT2D eigenvalue weighted by Crippen LogP contribution is 2.61. The molecule has 0 saturated carbocycles. The Bertz CT molecular complexity index is 3910. The zero-order valence-corrected chi connectivity index (χ0v) is 27.0. The fourth-order valence-corrected chi connectivity index (χ4v) is 12.9. The molecular formula is C42H14O3S3. The molecule has 218 valence electrons. The molecule has 3 nitrogen and oxygen atoms in total. The molecule has 6 aromatic heterocycles. The van der Waals surface area contributed by atoms with Crippen LogP contribution in [0.2, 0.25) is 0 Å². The first-order valence-corrected chi connectivity index (χ1v) is 18.7. The zero-order chi connectivity index (χ0) is 30.3. The van der Waals surface area contributed by atoms with Gasteiger partial charge in [0.2, 0.25) is 0 Å². The van der Waals surface area contributed by atoms with Crippen molar-refractivity contribution in [3.63, 3.8) is 0 Å². The van der Waals surface area contributed by atoms with Crippen molar-refractivity contribution in [2.75, 3.05) is 0 Å². The van der Waals surface area contributed by atoms with Crippen LogP contribution in [0.25, 0.3) is 150 Å². The van der Waals surface area contributed by atoms with E-state index in [1.54, 1.807) is 11.3 Å². The van der Waals surface area contributed by atoms with Crippen LogP contribution in [-0.2, 0) is 0 Å². The van der Waals surface area contributed by atoms with Gasteiger partial charge in [-0.15, -0.1) is 34.0 Å². The van der Waals surface area contributed by atoms with E-state index in [4.69, 9.17) is 13.3 Å². The summed E-state index contributed by atoms with van der Waals surface area (Å²) in [6.45, 7) is 0. The lowest BCUT2D eigenvalue weighted by molar-refractivity contribution is 0.673. The summed E-state index contributed by atoms with van der Waals surface area (Å²) in [6.07, 6.45) is 0. The number of benzene rings is 7. The smallest absolute Gasteiger partial charge is 0.153 e. The van der Waals surface area contributed by atoms with Crippen LogP contribution in [0.3, 0.4) is 0 Å². The highest BCUT2D eigenvalue weighted by molar-refractivity contribution is 7.20. The van der Waals surface area contributed by atoms with Crippen LogP contribution in [0, 0.1) is 0 Å². The first-order chi connectivity index (χ1) is 23.8. The SMILES string of the molecule is c1ccc2c(c1)oc1c3scc4c5cccc6oc7c8scc9c%10cccc%11oc%12c%13sccc%13c%13c(c21)c(c43)c(c7c65)c(c98)c%13c%12c%11%10. The van der Waals surface area contributed by atoms with Crippen molar-refractivity contribution in [1.29, 1.82) is 0 Å². The third-order valence-corrected chi connectivity index (χ3v) is 14.4. The second kappa shape index (κ2) is 7.05. The molecule has 6 heteroatoms. The van der Waals surface area contributed by atoms with Gasteiger partial charge in [-0.25, -0.2) is 0 Å². The number of para-hydroxylation sites is 1. The van der Waals surface area contributed by atoms with E-state index in [1.807, 2.05) is 22.7 Å². The standard InChI is InChI=1S/C42H14O3S3/c1-2-8-21-17(5-1)27-30-26-18-11-12-46-40(18)38-35-24-15(6-3-9-22(24)44-38)20-14-48-42-29(20)33(31(26)35)34-32(30)28-19(13-47-41(28)37(27)43-21)16-7-4-10-23-25(16)36(34)39(42)45-23/h1-14H. The summed E-state index contributed by atoms with van der Waals surface area (Å²) in [5.74, 6) is 0. The Morgan fingerprint density at radius 3 is 1.54 bits per heavy atom. The molecule has 6 heterocycles. The van der Waals surface area contributed by atoms with Gasteiger partial charge >= 0.3 is 0 Å². The minimum atomic E-state index is 0.927. The molecule has 0 aliphatic rings. The van der Waals surface area contributed by atoms with E-state index in [0.717, 1.165) is 38.9 Å². The molecule has 48 heavy (non-hydrogen) atoms. The van der Waals surface area contributed by atoms with Crippen LogP contribution < -0.4 is 0 Å². The van der Waals surface area contributed by atoms with Crippen molar-refractivity contribution >= 4 is 184 Å².